The van der Waals surface area contributed by atoms with Crippen LogP contribution >= 0.6 is 0 Å². The molecule has 18 heavy (non-hydrogen) atoms. The smallest absolute Gasteiger partial charge is 0.0632 e. The molecule has 0 amide bonds. The van der Waals surface area contributed by atoms with Gasteiger partial charge in [-0.15, -0.1) is 0 Å². The molecule has 1 aromatic rings. The first kappa shape index (κ1) is 13.5. The van der Waals surface area contributed by atoms with Crippen LogP contribution in [0.25, 0.3) is 0 Å². The van der Waals surface area contributed by atoms with Gasteiger partial charge in [0.25, 0.3) is 0 Å². The summed E-state index contributed by atoms with van der Waals surface area (Å²) in [4.78, 5) is 2.38. The maximum Gasteiger partial charge on any atom is 0.0632 e. The van der Waals surface area contributed by atoms with Crippen LogP contribution in [-0.2, 0) is 11.2 Å². The first-order chi connectivity index (χ1) is 8.74. The molecule has 0 aliphatic carbocycles. The molecule has 100 valence electrons. The van der Waals surface area contributed by atoms with E-state index in [9.17, 15) is 0 Å². The summed E-state index contributed by atoms with van der Waals surface area (Å²) in [6.07, 6.45) is 1.12. The number of hydrogen-bond donors (Lipinski definition) is 1. The molecule has 1 fully saturated rings. The lowest BCUT2D eigenvalue weighted by Crippen LogP contribution is -2.47. The second kappa shape index (κ2) is 6.88. The molecule has 1 heterocycles. The summed E-state index contributed by atoms with van der Waals surface area (Å²) >= 11 is 0. The van der Waals surface area contributed by atoms with E-state index in [1.54, 1.807) is 0 Å². The lowest BCUT2D eigenvalue weighted by molar-refractivity contribution is 0.0655. The predicted molar refractivity (Wildman–Crippen MR) is 75.0 cm³/mol. The Kier molecular flexibility index (Phi) is 5.17. The largest absolute Gasteiger partial charge is 0.378 e. The Morgan fingerprint density at radius 3 is 2.78 bits per heavy atom. The predicted octanol–water partition coefficient (Wildman–Crippen LogP) is 1.46. The molecule has 1 N–H and O–H groups in total. The van der Waals surface area contributed by atoms with Gasteiger partial charge in [0.05, 0.1) is 13.2 Å². The van der Waals surface area contributed by atoms with E-state index in [-0.39, 0.29) is 0 Å². The molecule has 0 aromatic heterocycles. The van der Waals surface area contributed by atoms with E-state index in [2.05, 4.69) is 48.5 Å². The van der Waals surface area contributed by atoms with Crippen molar-refractivity contribution in [2.24, 2.45) is 0 Å². The van der Waals surface area contributed by atoms with E-state index < -0.39 is 0 Å². The average Bonchev–Trinajstić information content (AvgIpc) is 2.39. The molecule has 0 spiro atoms. The molecule has 3 heteroatoms. The van der Waals surface area contributed by atoms with Gasteiger partial charge >= 0.3 is 0 Å². The molecule has 0 saturated carbocycles. The van der Waals surface area contributed by atoms with Crippen LogP contribution in [0.4, 0.5) is 0 Å². The number of nitrogens with one attached hydrogen (secondary N) is 1. The minimum absolute atomic E-state index is 0.488. The molecule has 1 aromatic carbocycles. The Bertz CT molecular complexity index is 344. The fourth-order valence-corrected chi connectivity index (χ4v) is 2.28. The molecule has 1 aliphatic heterocycles. The molecular weight excluding hydrogens is 224 g/mol. The maximum absolute atomic E-state index is 5.47. The van der Waals surface area contributed by atoms with Crippen molar-refractivity contribution in [2.75, 3.05) is 39.9 Å². The summed E-state index contributed by atoms with van der Waals surface area (Å²) in [5.41, 5.74) is 2.75. The first-order valence-electron chi connectivity index (χ1n) is 6.79. The van der Waals surface area contributed by atoms with Crippen LogP contribution in [0, 0.1) is 6.92 Å². The topological polar surface area (TPSA) is 24.5 Å². The summed E-state index contributed by atoms with van der Waals surface area (Å²) in [6, 6.07) is 9.32. The van der Waals surface area contributed by atoms with E-state index in [0.717, 1.165) is 39.3 Å². The number of benzene rings is 1. The van der Waals surface area contributed by atoms with Crippen LogP contribution in [0.3, 0.4) is 0 Å². The lowest BCUT2D eigenvalue weighted by Gasteiger charge is -2.28. The summed E-state index contributed by atoms with van der Waals surface area (Å²) in [5, 5.41) is 3.49. The van der Waals surface area contributed by atoms with Gasteiger partial charge < -0.3 is 15.0 Å². The van der Waals surface area contributed by atoms with Crippen LogP contribution in [0.5, 0.6) is 0 Å². The standard InChI is InChI=1S/C15H24N2O/c1-13-3-5-14(6-4-13)7-9-17(2)11-15-12-18-10-8-16-15/h3-6,15-16H,7-12H2,1-2H3. The third-order valence-electron chi connectivity index (χ3n) is 3.43. The Hall–Kier alpha value is -0.900. The van der Waals surface area contributed by atoms with Crippen LogP contribution in [0.2, 0.25) is 0 Å². The fraction of sp³-hybridized carbons (Fsp3) is 0.600. The van der Waals surface area contributed by atoms with Crippen molar-refractivity contribution in [1.29, 1.82) is 0 Å². The zero-order valence-electron chi connectivity index (χ0n) is 11.5. The van der Waals surface area contributed by atoms with Gasteiger partial charge in [-0.25, -0.2) is 0 Å². The van der Waals surface area contributed by atoms with Crippen molar-refractivity contribution in [1.82, 2.24) is 10.2 Å². The Balaban J connectivity index is 1.70. The molecule has 0 radical (unpaired) electrons. The van der Waals surface area contributed by atoms with Gasteiger partial charge in [-0.3, -0.25) is 0 Å². The highest BCUT2D eigenvalue weighted by Gasteiger charge is 2.14. The number of ether oxygens (including phenoxy) is 1. The Labute approximate surface area is 110 Å². The van der Waals surface area contributed by atoms with Crippen molar-refractivity contribution in [3.8, 4) is 0 Å². The maximum atomic E-state index is 5.47. The van der Waals surface area contributed by atoms with Gasteiger partial charge in [-0.05, 0) is 26.0 Å². The second-order valence-corrected chi connectivity index (χ2v) is 5.22. The van der Waals surface area contributed by atoms with E-state index >= 15 is 0 Å². The fourth-order valence-electron chi connectivity index (χ4n) is 2.28. The van der Waals surface area contributed by atoms with Gasteiger partial charge in [0.1, 0.15) is 0 Å². The minimum Gasteiger partial charge on any atom is -0.378 e. The highest BCUT2D eigenvalue weighted by atomic mass is 16.5. The summed E-state index contributed by atoms with van der Waals surface area (Å²) < 4.78 is 5.47. The highest BCUT2D eigenvalue weighted by molar-refractivity contribution is 5.21. The normalized spacial score (nSPS) is 20.3. The molecule has 2 rings (SSSR count). The lowest BCUT2D eigenvalue weighted by atomic mass is 10.1. The van der Waals surface area contributed by atoms with E-state index in [1.807, 2.05) is 0 Å². The van der Waals surface area contributed by atoms with Gasteiger partial charge in [0, 0.05) is 25.7 Å². The molecule has 1 saturated heterocycles. The molecular formula is C15H24N2O. The highest BCUT2D eigenvalue weighted by Crippen LogP contribution is 2.05. The van der Waals surface area contributed by atoms with Gasteiger partial charge in [-0.2, -0.15) is 0 Å². The number of morpholine rings is 1. The number of aryl methyl sites for hydroxylation is 1. The molecule has 1 unspecified atom stereocenters. The molecule has 3 nitrogen and oxygen atoms in total. The van der Waals surface area contributed by atoms with Crippen molar-refractivity contribution >= 4 is 0 Å². The van der Waals surface area contributed by atoms with Gasteiger partial charge in [0.2, 0.25) is 0 Å². The number of hydrogen-bond acceptors (Lipinski definition) is 3. The van der Waals surface area contributed by atoms with Crippen LogP contribution in [0.15, 0.2) is 24.3 Å². The third-order valence-corrected chi connectivity index (χ3v) is 3.43. The number of likely N-dealkylation sites (N-methyl/N-ethyl adjacent to an activating group) is 1. The molecule has 1 atom stereocenters. The van der Waals surface area contributed by atoms with E-state index in [1.165, 1.54) is 11.1 Å². The van der Waals surface area contributed by atoms with Crippen LogP contribution in [0.1, 0.15) is 11.1 Å². The van der Waals surface area contributed by atoms with Crippen LogP contribution in [-0.4, -0.2) is 50.8 Å². The third kappa shape index (κ3) is 4.41. The quantitative estimate of drug-likeness (QED) is 0.854. The number of nitrogens with zero attached hydrogens (tertiary/aromatic N) is 1. The van der Waals surface area contributed by atoms with Crippen LogP contribution < -0.4 is 5.32 Å². The zero-order valence-corrected chi connectivity index (χ0v) is 11.5. The van der Waals surface area contributed by atoms with Gasteiger partial charge in [-0.1, -0.05) is 29.8 Å². The summed E-state index contributed by atoms with van der Waals surface area (Å²) in [6.45, 7) is 6.96. The van der Waals surface area contributed by atoms with Gasteiger partial charge in [0.15, 0.2) is 0 Å². The SMILES string of the molecule is Cc1ccc(CCN(C)CC2COCCN2)cc1. The van der Waals surface area contributed by atoms with E-state index in [0.29, 0.717) is 6.04 Å². The van der Waals surface area contributed by atoms with Crippen molar-refractivity contribution < 1.29 is 4.74 Å². The number of rotatable bonds is 5. The monoisotopic (exact) mass is 248 g/mol. The van der Waals surface area contributed by atoms with E-state index in [4.69, 9.17) is 4.74 Å². The summed E-state index contributed by atoms with van der Waals surface area (Å²) in [5.74, 6) is 0. The van der Waals surface area contributed by atoms with Crippen molar-refractivity contribution in [3.63, 3.8) is 0 Å². The minimum atomic E-state index is 0.488. The Morgan fingerprint density at radius 1 is 1.33 bits per heavy atom. The van der Waals surface area contributed by atoms with Crippen molar-refractivity contribution in [3.05, 3.63) is 35.4 Å². The first-order valence-corrected chi connectivity index (χ1v) is 6.79. The zero-order chi connectivity index (χ0) is 12.8. The second-order valence-electron chi connectivity index (χ2n) is 5.22. The molecule has 0 bridgehead atoms. The summed E-state index contributed by atoms with van der Waals surface area (Å²) in [7, 11) is 2.18. The Morgan fingerprint density at radius 2 is 2.11 bits per heavy atom. The average molecular weight is 248 g/mol. The molecule has 1 aliphatic rings. The van der Waals surface area contributed by atoms with Crippen molar-refractivity contribution in [2.45, 2.75) is 19.4 Å².